The number of nitrogens with zero attached hydrogens (tertiary/aromatic N) is 3. The zero-order valence-corrected chi connectivity index (χ0v) is 12.3. The first-order chi connectivity index (χ1) is 10.6. The molecule has 0 aliphatic heterocycles. The first kappa shape index (κ1) is 13.8. The fraction of sp³-hybridized carbons (Fsp3) is 0.118. The molecular weight excluding hydrogens is 276 g/mol. The lowest BCUT2D eigenvalue weighted by molar-refractivity contribution is 0.818. The molecule has 0 saturated heterocycles. The van der Waals surface area contributed by atoms with Crippen molar-refractivity contribution in [1.29, 1.82) is 5.26 Å². The highest BCUT2D eigenvalue weighted by Crippen LogP contribution is 2.21. The van der Waals surface area contributed by atoms with E-state index >= 15 is 0 Å². The van der Waals surface area contributed by atoms with E-state index in [1.807, 2.05) is 19.9 Å². The van der Waals surface area contributed by atoms with Crippen molar-refractivity contribution in [3.63, 3.8) is 0 Å². The Balaban J connectivity index is 2.10. The molecule has 3 rings (SSSR count). The highest BCUT2D eigenvalue weighted by atomic mass is 16.1. The molecule has 2 aromatic heterocycles. The maximum atomic E-state index is 12.6. The van der Waals surface area contributed by atoms with Crippen molar-refractivity contribution >= 4 is 0 Å². The van der Waals surface area contributed by atoms with Crippen LogP contribution in [0.5, 0.6) is 0 Å². The van der Waals surface area contributed by atoms with Crippen LogP contribution in [0, 0.1) is 25.2 Å². The fourth-order valence-electron chi connectivity index (χ4n) is 2.36. The topological polar surface area (TPSA) is 74.5 Å². The van der Waals surface area contributed by atoms with E-state index in [9.17, 15) is 4.79 Å². The van der Waals surface area contributed by atoms with Gasteiger partial charge < -0.3 is 0 Å². The minimum atomic E-state index is -0.163. The Labute approximate surface area is 127 Å². The van der Waals surface area contributed by atoms with E-state index in [0.717, 1.165) is 16.7 Å². The van der Waals surface area contributed by atoms with Crippen molar-refractivity contribution in [3.05, 3.63) is 69.8 Å². The molecule has 0 aliphatic rings. The molecule has 0 atom stereocenters. The van der Waals surface area contributed by atoms with Crippen LogP contribution in [0.25, 0.3) is 16.9 Å². The van der Waals surface area contributed by atoms with Gasteiger partial charge in [-0.2, -0.15) is 5.26 Å². The van der Waals surface area contributed by atoms with Gasteiger partial charge in [-0.1, -0.05) is 12.1 Å². The third-order valence-corrected chi connectivity index (χ3v) is 3.54. The smallest absolute Gasteiger partial charge is 0.280 e. The van der Waals surface area contributed by atoms with Crippen molar-refractivity contribution < 1.29 is 0 Å². The van der Waals surface area contributed by atoms with Gasteiger partial charge in [-0.3, -0.25) is 9.89 Å². The molecule has 5 nitrogen and oxygen atoms in total. The first-order valence-electron chi connectivity index (χ1n) is 6.85. The van der Waals surface area contributed by atoms with Crippen molar-refractivity contribution in [1.82, 2.24) is 14.8 Å². The summed E-state index contributed by atoms with van der Waals surface area (Å²) in [7, 11) is 0. The summed E-state index contributed by atoms with van der Waals surface area (Å²) in [6.45, 7) is 3.83. The predicted octanol–water partition coefficient (Wildman–Crippen LogP) is 2.72. The Morgan fingerprint density at radius 3 is 2.64 bits per heavy atom. The van der Waals surface area contributed by atoms with Crippen molar-refractivity contribution in [2.45, 2.75) is 13.8 Å². The zero-order valence-electron chi connectivity index (χ0n) is 12.3. The summed E-state index contributed by atoms with van der Waals surface area (Å²) in [6.07, 6.45) is 3.38. The van der Waals surface area contributed by atoms with E-state index in [4.69, 9.17) is 5.26 Å². The summed E-state index contributed by atoms with van der Waals surface area (Å²) in [5.74, 6) is 0.549. The number of nitriles is 1. The van der Waals surface area contributed by atoms with Crippen LogP contribution in [0.4, 0.5) is 0 Å². The lowest BCUT2D eigenvalue weighted by Gasteiger charge is -2.03. The standard InChI is InChI=1S/C17H14N4O/c1-11-3-6-16(19-9-11)21-17(22)15(10-20-21)14-5-4-13(8-18)7-12(14)2/h3-7,9-10,20H,1-2H3. The van der Waals surface area contributed by atoms with Gasteiger partial charge in [0.25, 0.3) is 5.56 Å². The quantitative estimate of drug-likeness (QED) is 0.788. The zero-order chi connectivity index (χ0) is 15.7. The van der Waals surface area contributed by atoms with Crippen LogP contribution in [0.1, 0.15) is 16.7 Å². The van der Waals surface area contributed by atoms with Crippen LogP contribution >= 0.6 is 0 Å². The lowest BCUT2D eigenvalue weighted by Crippen LogP contribution is -2.17. The number of benzene rings is 1. The van der Waals surface area contributed by atoms with Gasteiger partial charge in [-0.15, -0.1) is 0 Å². The molecule has 5 heteroatoms. The normalized spacial score (nSPS) is 10.4. The number of hydrogen-bond acceptors (Lipinski definition) is 3. The van der Waals surface area contributed by atoms with Gasteiger partial charge in [0.2, 0.25) is 0 Å². The second-order valence-corrected chi connectivity index (χ2v) is 5.16. The lowest BCUT2D eigenvalue weighted by atomic mass is 10.0. The molecule has 108 valence electrons. The molecular formula is C17H14N4O. The molecule has 1 aromatic carbocycles. The molecule has 0 fully saturated rings. The van der Waals surface area contributed by atoms with Crippen LogP contribution < -0.4 is 5.56 Å². The van der Waals surface area contributed by atoms with Crippen molar-refractivity contribution in [2.75, 3.05) is 0 Å². The SMILES string of the molecule is Cc1ccc(-n2[nH]cc(-c3ccc(C#N)cc3C)c2=O)nc1. The summed E-state index contributed by atoms with van der Waals surface area (Å²) in [5.41, 5.74) is 3.71. The molecule has 0 aliphatic carbocycles. The predicted molar refractivity (Wildman–Crippen MR) is 83.8 cm³/mol. The Hall–Kier alpha value is -3.13. The van der Waals surface area contributed by atoms with Crippen LogP contribution in [0.3, 0.4) is 0 Å². The van der Waals surface area contributed by atoms with Gasteiger partial charge in [0.05, 0.1) is 17.2 Å². The summed E-state index contributed by atoms with van der Waals surface area (Å²) in [4.78, 5) is 16.8. The van der Waals surface area contributed by atoms with E-state index in [1.54, 1.807) is 36.7 Å². The van der Waals surface area contributed by atoms with Gasteiger partial charge in [0, 0.05) is 12.4 Å². The van der Waals surface area contributed by atoms with Gasteiger partial charge in [-0.05, 0) is 48.7 Å². The van der Waals surface area contributed by atoms with Crippen LogP contribution in [-0.4, -0.2) is 14.8 Å². The van der Waals surface area contributed by atoms with Gasteiger partial charge in [-0.25, -0.2) is 9.67 Å². The van der Waals surface area contributed by atoms with Gasteiger partial charge in [0.1, 0.15) is 0 Å². The molecule has 2 heterocycles. The molecule has 3 aromatic rings. The Morgan fingerprint density at radius 2 is 2.00 bits per heavy atom. The molecule has 1 N–H and O–H groups in total. The molecule has 0 bridgehead atoms. The number of H-pyrrole nitrogens is 1. The monoisotopic (exact) mass is 290 g/mol. The summed E-state index contributed by atoms with van der Waals surface area (Å²) in [5, 5.41) is 11.9. The van der Waals surface area contributed by atoms with E-state index < -0.39 is 0 Å². The third kappa shape index (κ3) is 2.31. The fourth-order valence-corrected chi connectivity index (χ4v) is 2.36. The third-order valence-electron chi connectivity index (χ3n) is 3.54. The highest BCUT2D eigenvalue weighted by Gasteiger charge is 2.12. The van der Waals surface area contributed by atoms with E-state index in [1.165, 1.54) is 4.68 Å². The number of aromatic nitrogens is 3. The molecule has 0 saturated carbocycles. The average molecular weight is 290 g/mol. The van der Waals surface area contributed by atoms with Gasteiger partial charge in [0.15, 0.2) is 5.82 Å². The van der Waals surface area contributed by atoms with E-state index in [-0.39, 0.29) is 5.56 Å². The van der Waals surface area contributed by atoms with E-state index in [0.29, 0.717) is 16.9 Å². The minimum absolute atomic E-state index is 0.163. The summed E-state index contributed by atoms with van der Waals surface area (Å²) >= 11 is 0. The van der Waals surface area contributed by atoms with Crippen LogP contribution in [-0.2, 0) is 0 Å². The Bertz CT molecular complexity index is 927. The summed E-state index contributed by atoms with van der Waals surface area (Å²) in [6, 6.07) is 11.1. The maximum Gasteiger partial charge on any atom is 0.280 e. The number of aryl methyl sites for hydroxylation is 2. The average Bonchev–Trinajstić information content (AvgIpc) is 2.89. The largest absolute Gasteiger partial charge is 0.296 e. The van der Waals surface area contributed by atoms with Gasteiger partial charge >= 0.3 is 0 Å². The minimum Gasteiger partial charge on any atom is -0.296 e. The number of rotatable bonds is 2. The van der Waals surface area contributed by atoms with Crippen LogP contribution in [0.2, 0.25) is 0 Å². The second kappa shape index (κ2) is 5.34. The second-order valence-electron chi connectivity index (χ2n) is 5.16. The van der Waals surface area contributed by atoms with Crippen molar-refractivity contribution in [2.24, 2.45) is 0 Å². The number of pyridine rings is 1. The number of nitrogens with one attached hydrogen (secondary N) is 1. The van der Waals surface area contributed by atoms with E-state index in [2.05, 4.69) is 16.2 Å². The van der Waals surface area contributed by atoms with Crippen LogP contribution in [0.15, 0.2) is 47.5 Å². The summed E-state index contributed by atoms with van der Waals surface area (Å²) < 4.78 is 1.41. The molecule has 0 unspecified atom stereocenters. The number of aromatic amines is 1. The Morgan fingerprint density at radius 1 is 1.18 bits per heavy atom. The molecule has 0 radical (unpaired) electrons. The molecule has 0 amide bonds. The number of hydrogen-bond donors (Lipinski definition) is 1. The molecule has 22 heavy (non-hydrogen) atoms. The highest BCUT2D eigenvalue weighted by molar-refractivity contribution is 5.67. The van der Waals surface area contributed by atoms with Crippen molar-refractivity contribution in [3.8, 4) is 23.0 Å². The first-order valence-corrected chi connectivity index (χ1v) is 6.85. The molecule has 0 spiro atoms. The Kier molecular flexibility index (Phi) is 3.36. The maximum absolute atomic E-state index is 12.6.